The molecular weight excluding hydrogens is 248 g/mol. The maximum atomic E-state index is 9.47. The first kappa shape index (κ1) is 15.8. The Morgan fingerprint density at radius 3 is 2.65 bits per heavy atom. The smallest absolute Gasteiger partial charge is 0.105 e. The van der Waals surface area contributed by atoms with Crippen LogP contribution >= 0.6 is 0 Å². The molecule has 0 bridgehead atoms. The standard InChI is InChI=1S/C16H30N4/c1-13(9-16(2,12-17)18-15-5-6-15)20(4)11-14-7-8-19(3)10-14/h13-15,18H,5-11H2,1-4H3. The number of hydrogen-bond acceptors (Lipinski definition) is 4. The number of nitrogens with zero attached hydrogens (tertiary/aromatic N) is 3. The number of likely N-dealkylation sites (tertiary alicyclic amines) is 1. The van der Waals surface area contributed by atoms with Gasteiger partial charge in [-0.05, 0) is 66.1 Å². The average Bonchev–Trinajstić information content (AvgIpc) is 3.10. The lowest BCUT2D eigenvalue weighted by atomic mass is 9.94. The minimum atomic E-state index is -0.374. The van der Waals surface area contributed by atoms with Gasteiger partial charge in [0.05, 0.1) is 6.07 Å². The fraction of sp³-hybridized carbons (Fsp3) is 0.938. The normalized spacial score (nSPS) is 28.3. The van der Waals surface area contributed by atoms with Gasteiger partial charge in [-0.3, -0.25) is 5.32 Å². The minimum absolute atomic E-state index is 0.374. The predicted molar refractivity (Wildman–Crippen MR) is 82.5 cm³/mol. The molecule has 1 saturated heterocycles. The summed E-state index contributed by atoms with van der Waals surface area (Å²) in [7, 11) is 4.41. The molecule has 2 fully saturated rings. The molecule has 3 unspecified atom stereocenters. The van der Waals surface area contributed by atoms with Crippen LogP contribution in [0, 0.1) is 17.2 Å². The lowest BCUT2D eigenvalue weighted by Gasteiger charge is -2.33. The van der Waals surface area contributed by atoms with E-state index >= 15 is 0 Å². The molecule has 1 aliphatic carbocycles. The van der Waals surface area contributed by atoms with E-state index < -0.39 is 0 Å². The summed E-state index contributed by atoms with van der Waals surface area (Å²) in [6.45, 7) is 7.90. The van der Waals surface area contributed by atoms with E-state index in [-0.39, 0.29) is 5.54 Å². The van der Waals surface area contributed by atoms with E-state index in [4.69, 9.17) is 0 Å². The van der Waals surface area contributed by atoms with Gasteiger partial charge in [0.2, 0.25) is 0 Å². The summed E-state index contributed by atoms with van der Waals surface area (Å²) in [5, 5.41) is 13.0. The molecule has 1 saturated carbocycles. The lowest BCUT2D eigenvalue weighted by molar-refractivity contribution is 0.185. The Morgan fingerprint density at radius 2 is 2.15 bits per heavy atom. The summed E-state index contributed by atoms with van der Waals surface area (Å²) < 4.78 is 0. The van der Waals surface area contributed by atoms with E-state index in [0.717, 1.165) is 18.9 Å². The Morgan fingerprint density at radius 1 is 1.45 bits per heavy atom. The van der Waals surface area contributed by atoms with Crippen molar-refractivity contribution in [3.8, 4) is 6.07 Å². The largest absolute Gasteiger partial charge is 0.306 e. The van der Waals surface area contributed by atoms with Gasteiger partial charge in [0, 0.05) is 25.2 Å². The van der Waals surface area contributed by atoms with E-state index in [9.17, 15) is 5.26 Å². The van der Waals surface area contributed by atoms with E-state index in [1.807, 2.05) is 0 Å². The zero-order valence-electron chi connectivity index (χ0n) is 13.5. The molecule has 0 aromatic heterocycles. The highest BCUT2D eigenvalue weighted by Crippen LogP contribution is 2.25. The molecule has 4 nitrogen and oxygen atoms in total. The van der Waals surface area contributed by atoms with Crippen LogP contribution in [-0.2, 0) is 0 Å². The maximum absolute atomic E-state index is 9.47. The highest BCUT2D eigenvalue weighted by atomic mass is 15.2. The van der Waals surface area contributed by atoms with Gasteiger partial charge in [-0.1, -0.05) is 0 Å². The first-order chi connectivity index (χ1) is 9.42. The summed E-state index contributed by atoms with van der Waals surface area (Å²) in [5.41, 5.74) is -0.374. The molecule has 3 atom stereocenters. The Bertz CT molecular complexity index is 360. The monoisotopic (exact) mass is 278 g/mol. The molecule has 1 aliphatic heterocycles. The fourth-order valence-electron chi connectivity index (χ4n) is 3.32. The second kappa shape index (κ2) is 6.43. The summed E-state index contributed by atoms with van der Waals surface area (Å²) in [5.74, 6) is 0.789. The molecule has 1 heterocycles. The van der Waals surface area contributed by atoms with Crippen molar-refractivity contribution < 1.29 is 0 Å². The van der Waals surface area contributed by atoms with Crippen LogP contribution in [0.1, 0.15) is 39.5 Å². The summed E-state index contributed by atoms with van der Waals surface area (Å²) >= 11 is 0. The third kappa shape index (κ3) is 4.44. The number of hydrogen-bond donors (Lipinski definition) is 1. The lowest BCUT2D eigenvalue weighted by Crippen LogP contribution is -2.48. The molecule has 1 N–H and O–H groups in total. The number of rotatable bonds is 7. The summed E-state index contributed by atoms with van der Waals surface area (Å²) in [6, 6.07) is 3.52. The number of nitrogens with one attached hydrogen (secondary N) is 1. The first-order valence-electron chi connectivity index (χ1n) is 7.99. The van der Waals surface area contributed by atoms with Gasteiger partial charge < -0.3 is 9.80 Å². The topological polar surface area (TPSA) is 42.3 Å². The Hall–Kier alpha value is -0.630. The van der Waals surface area contributed by atoms with Crippen molar-refractivity contribution in [2.75, 3.05) is 33.7 Å². The molecule has 0 aromatic carbocycles. The van der Waals surface area contributed by atoms with Gasteiger partial charge in [-0.25, -0.2) is 0 Å². The maximum Gasteiger partial charge on any atom is 0.105 e. The molecule has 114 valence electrons. The van der Waals surface area contributed by atoms with Crippen LogP contribution in [0.4, 0.5) is 0 Å². The fourth-order valence-corrected chi connectivity index (χ4v) is 3.32. The second-order valence-electron chi connectivity index (χ2n) is 7.27. The number of nitriles is 1. The molecule has 0 aromatic rings. The molecular formula is C16H30N4. The van der Waals surface area contributed by atoms with Gasteiger partial charge in [-0.2, -0.15) is 5.26 Å². The zero-order valence-corrected chi connectivity index (χ0v) is 13.5. The Labute approximate surface area is 124 Å². The molecule has 4 heteroatoms. The van der Waals surface area contributed by atoms with E-state index in [1.165, 1.54) is 32.4 Å². The second-order valence-corrected chi connectivity index (χ2v) is 7.27. The quantitative estimate of drug-likeness (QED) is 0.769. The highest BCUT2D eigenvalue weighted by Gasteiger charge is 2.34. The van der Waals surface area contributed by atoms with Gasteiger partial charge in [0.15, 0.2) is 0 Å². The molecule has 0 spiro atoms. The third-order valence-corrected chi connectivity index (χ3v) is 4.84. The average molecular weight is 278 g/mol. The van der Waals surface area contributed by atoms with Crippen molar-refractivity contribution in [3.63, 3.8) is 0 Å². The van der Waals surface area contributed by atoms with Crippen LogP contribution in [0.25, 0.3) is 0 Å². The van der Waals surface area contributed by atoms with Gasteiger partial charge in [-0.15, -0.1) is 0 Å². The SMILES string of the molecule is CC(CC(C)(C#N)NC1CC1)N(C)CC1CCN(C)C1. The molecule has 0 radical (unpaired) electrons. The Balaban J connectivity index is 1.79. The van der Waals surface area contributed by atoms with E-state index in [0.29, 0.717) is 12.1 Å². The van der Waals surface area contributed by atoms with Crippen molar-refractivity contribution in [3.05, 3.63) is 0 Å². The van der Waals surface area contributed by atoms with Gasteiger partial charge in [0.25, 0.3) is 0 Å². The van der Waals surface area contributed by atoms with Crippen molar-refractivity contribution in [1.29, 1.82) is 5.26 Å². The third-order valence-electron chi connectivity index (χ3n) is 4.84. The molecule has 2 aliphatic rings. The van der Waals surface area contributed by atoms with Crippen molar-refractivity contribution in [2.24, 2.45) is 5.92 Å². The predicted octanol–water partition coefficient (Wildman–Crippen LogP) is 1.68. The van der Waals surface area contributed by atoms with E-state index in [1.54, 1.807) is 0 Å². The van der Waals surface area contributed by atoms with Crippen molar-refractivity contribution in [2.45, 2.75) is 57.2 Å². The van der Waals surface area contributed by atoms with Crippen molar-refractivity contribution in [1.82, 2.24) is 15.1 Å². The van der Waals surface area contributed by atoms with Gasteiger partial charge in [0.1, 0.15) is 5.54 Å². The molecule has 2 rings (SSSR count). The van der Waals surface area contributed by atoms with Crippen molar-refractivity contribution >= 4 is 0 Å². The molecule has 20 heavy (non-hydrogen) atoms. The zero-order chi connectivity index (χ0) is 14.8. The highest BCUT2D eigenvalue weighted by molar-refractivity contribution is 5.08. The van der Waals surface area contributed by atoms with Crippen LogP contribution in [0.5, 0.6) is 0 Å². The van der Waals surface area contributed by atoms with Crippen LogP contribution < -0.4 is 5.32 Å². The van der Waals surface area contributed by atoms with Crippen LogP contribution in [0.15, 0.2) is 0 Å². The summed E-state index contributed by atoms with van der Waals surface area (Å²) in [4.78, 5) is 4.85. The summed E-state index contributed by atoms with van der Waals surface area (Å²) in [6.07, 6.45) is 4.67. The van der Waals surface area contributed by atoms with Crippen LogP contribution in [0.2, 0.25) is 0 Å². The van der Waals surface area contributed by atoms with Crippen LogP contribution in [-0.4, -0.2) is 61.2 Å². The Kier molecular flexibility index (Phi) is 5.06. The minimum Gasteiger partial charge on any atom is -0.306 e. The first-order valence-corrected chi connectivity index (χ1v) is 7.99. The van der Waals surface area contributed by atoms with Crippen LogP contribution in [0.3, 0.4) is 0 Å². The van der Waals surface area contributed by atoms with E-state index in [2.05, 4.69) is 49.1 Å². The van der Waals surface area contributed by atoms with Gasteiger partial charge >= 0.3 is 0 Å². The molecule has 0 amide bonds.